The van der Waals surface area contributed by atoms with Crippen LogP contribution >= 0.6 is 58.6 Å². The molecule has 0 heterocycles. The van der Waals surface area contributed by atoms with E-state index >= 15 is 0 Å². The van der Waals surface area contributed by atoms with Crippen molar-refractivity contribution in [1.29, 1.82) is 0 Å². The molecule has 0 bridgehead atoms. The van der Waals surface area contributed by atoms with E-state index in [4.69, 9.17) is 58.6 Å². The molecule has 0 aliphatic carbocycles. The first-order valence-electron chi connectivity index (χ1n) is 5.46. The molecule has 1 rings (SSSR count). The van der Waals surface area contributed by atoms with Gasteiger partial charge in [-0.1, -0.05) is 46.4 Å². The van der Waals surface area contributed by atoms with Crippen molar-refractivity contribution in [3.8, 4) is 0 Å². The monoisotopic (exact) mass is 389 g/mol. The van der Waals surface area contributed by atoms with Gasteiger partial charge in [0.05, 0.1) is 7.11 Å². The molecule has 0 fully saturated rings. The number of alkyl carbamates (subject to hydrolysis) is 1. The summed E-state index contributed by atoms with van der Waals surface area (Å²) >= 11 is 28.1. The maximum atomic E-state index is 11.2. The number of benzene rings is 1. The van der Waals surface area contributed by atoms with Crippen molar-refractivity contribution in [2.45, 2.75) is 9.96 Å². The summed E-state index contributed by atoms with van der Waals surface area (Å²) < 4.78 is 2.61. The Hall–Kier alpha value is -0.660. The van der Waals surface area contributed by atoms with Crippen molar-refractivity contribution in [3.05, 3.63) is 29.3 Å². The molecule has 0 aliphatic rings. The first-order valence-corrected chi connectivity index (χ1v) is 7.38. The molecule has 0 spiro atoms. The molecule has 1 amide bonds. The highest BCUT2D eigenvalue weighted by atomic mass is 35.6. The van der Waals surface area contributed by atoms with Crippen LogP contribution in [0.25, 0.3) is 0 Å². The fourth-order valence-corrected chi connectivity index (χ4v) is 1.90. The van der Waals surface area contributed by atoms with Crippen molar-refractivity contribution in [1.82, 2.24) is 10.6 Å². The molecule has 1 aromatic rings. The maximum absolute atomic E-state index is 11.2. The van der Waals surface area contributed by atoms with Crippen molar-refractivity contribution in [2.24, 2.45) is 0 Å². The molecule has 3 N–H and O–H groups in total. The van der Waals surface area contributed by atoms with Gasteiger partial charge in [-0.2, -0.15) is 0 Å². The van der Waals surface area contributed by atoms with Crippen LogP contribution in [0.5, 0.6) is 0 Å². The maximum Gasteiger partial charge on any atom is 0.408 e. The van der Waals surface area contributed by atoms with Crippen molar-refractivity contribution >= 4 is 75.5 Å². The van der Waals surface area contributed by atoms with E-state index in [0.29, 0.717) is 10.7 Å². The standard InChI is InChI=1S/C11H11Cl4N3O2S/c1-20-10(19)18-8(11(13,14)15)17-9(21)16-7-4-2-6(12)3-5-7/h2-5,8H,1H3,(H,18,19)(H2,16,17,21)/t8-/m1/s1. The molecule has 21 heavy (non-hydrogen) atoms. The van der Waals surface area contributed by atoms with Crippen LogP contribution in [0.2, 0.25) is 5.02 Å². The third kappa shape index (κ3) is 6.76. The molecule has 0 aromatic heterocycles. The summed E-state index contributed by atoms with van der Waals surface area (Å²) in [6.45, 7) is 0. The van der Waals surface area contributed by atoms with Crippen LogP contribution in [0.3, 0.4) is 0 Å². The summed E-state index contributed by atoms with van der Waals surface area (Å²) in [4.78, 5) is 11.2. The first-order chi connectivity index (χ1) is 9.72. The van der Waals surface area contributed by atoms with Gasteiger partial charge in [-0.15, -0.1) is 0 Å². The number of nitrogens with one attached hydrogen (secondary N) is 3. The van der Waals surface area contributed by atoms with Crippen LogP contribution in [0.1, 0.15) is 0 Å². The Morgan fingerprint density at radius 1 is 1.24 bits per heavy atom. The molecule has 1 aromatic carbocycles. The van der Waals surface area contributed by atoms with Crippen molar-refractivity contribution in [3.63, 3.8) is 0 Å². The minimum Gasteiger partial charge on any atom is -0.453 e. The van der Waals surface area contributed by atoms with E-state index in [-0.39, 0.29) is 5.11 Å². The van der Waals surface area contributed by atoms with Gasteiger partial charge in [0.1, 0.15) is 0 Å². The van der Waals surface area contributed by atoms with Gasteiger partial charge >= 0.3 is 6.09 Å². The number of amides is 1. The predicted molar refractivity (Wildman–Crippen MR) is 90.4 cm³/mol. The summed E-state index contributed by atoms with van der Waals surface area (Å²) in [5.74, 6) is 0. The molecule has 1 atom stereocenters. The Balaban J connectivity index is 2.67. The highest BCUT2D eigenvalue weighted by Gasteiger charge is 2.34. The zero-order valence-corrected chi connectivity index (χ0v) is 14.5. The zero-order valence-electron chi connectivity index (χ0n) is 10.6. The first kappa shape index (κ1) is 18.4. The molecule has 0 aliphatic heterocycles. The van der Waals surface area contributed by atoms with E-state index in [9.17, 15) is 4.79 Å². The quantitative estimate of drug-likeness (QED) is 0.417. The van der Waals surface area contributed by atoms with Crippen molar-refractivity contribution < 1.29 is 9.53 Å². The third-order valence-corrected chi connectivity index (χ3v) is 3.28. The van der Waals surface area contributed by atoms with Crippen LogP contribution < -0.4 is 16.0 Å². The number of hydrogen-bond acceptors (Lipinski definition) is 3. The van der Waals surface area contributed by atoms with E-state index in [2.05, 4.69) is 20.7 Å². The van der Waals surface area contributed by atoms with Crippen LogP contribution in [0.15, 0.2) is 24.3 Å². The average molecular weight is 391 g/mol. The molecule has 0 unspecified atom stereocenters. The number of thiocarbonyl (C=S) groups is 1. The fraction of sp³-hybridized carbons (Fsp3) is 0.273. The molecule has 0 saturated heterocycles. The van der Waals surface area contributed by atoms with Gasteiger partial charge in [0.15, 0.2) is 11.3 Å². The molecular weight excluding hydrogens is 380 g/mol. The number of halogens is 4. The SMILES string of the molecule is COC(=O)N[C@@H](NC(=S)Nc1ccc(Cl)cc1)C(Cl)(Cl)Cl. The van der Waals surface area contributed by atoms with Gasteiger partial charge in [0.25, 0.3) is 0 Å². The second-order valence-electron chi connectivity index (χ2n) is 3.72. The normalized spacial score (nSPS) is 12.2. The minimum atomic E-state index is -1.83. The van der Waals surface area contributed by atoms with Crippen LogP contribution in [0.4, 0.5) is 10.5 Å². The summed E-state index contributed by atoms with van der Waals surface area (Å²) in [6, 6.07) is 6.81. The lowest BCUT2D eigenvalue weighted by Gasteiger charge is -2.27. The molecule has 10 heteroatoms. The van der Waals surface area contributed by atoms with Gasteiger partial charge in [-0.25, -0.2) is 4.79 Å². The second-order valence-corrected chi connectivity index (χ2v) is 6.93. The van der Waals surface area contributed by atoms with Crippen LogP contribution in [-0.2, 0) is 4.74 Å². The van der Waals surface area contributed by atoms with Gasteiger partial charge in [0, 0.05) is 10.7 Å². The van der Waals surface area contributed by atoms with Gasteiger partial charge in [-0.3, -0.25) is 5.32 Å². The molecule has 0 saturated carbocycles. The number of anilines is 1. The highest BCUT2D eigenvalue weighted by Crippen LogP contribution is 2.29. The zero-order chi connectivity index (χ0) is 16.0. The molecule has 5 nitrogen and oxygen atoms in total. The summed E-state index contributed by atoms with van der Waals surface area (Å²) in [5.41, 5.74) is 0.679. The van der Waals surface area contributed by atoms with E-state index in [1.807, 2.05) is 0 Å². The molecule has 0 radical (unpaired) electrons. The lowest BCUT2D eigenvalue weighted by molar-refractivity contribution is 0.166. The van der Waals surface area contributed by atoms with E-state index in [1.165, 1.54) is 7.11 Å². The van der Waals surface area contributed by atoms with E-state index in [1.54, 1.807) is 24.3 Å². The van der Waals surface area contributed by atoms with Gasteiger partial charge in [-0.05, 0) is 36.5 Å². The predicted octanol–water partition coefficient (Wildman–Crippen LogP) is 3.68. The van der Waals surface area contributed by atoms with Crippen molar-refractivity contribution in [2.75, 3.05) is 12.4 Å². The third-order valence-electron chi connectivity index (χ3n) is 2.15. The Morgan fingerprint density at radius 3 is 2.29 bits per heavy atom. The van der Waals surface area contributed by atoms with Gasteiger partial charge < -0.3 is 15.4 Å². The Morgan fingerprint density at radius 2 is 1.81 bits per heavy atom. The largest absolute Gasteiger partial charge is 0.453 e. The van der Waals surface area contributed by atoms with Crippen LogP contribution in [0, 0.1) is 0 Å². The number of methoxy groups -OCH3 is 1. The van der Waals surface area contributed by atoms with Gasteiger partial charge in [0.2, 0.25) is 3.79 Å². The summed E-state index contributed by atoms with van der Waals surface area (Å²) in [7, 11) is 1.19. The van der Waals surface area contributed by atoms with E-state index < -0.39 is 16.1 Å². The number of ether oxygens (including phenoxy) is 1. The number of hydrogen-bond donors (Lipinski definition) is 3. The molecule has 116 valence electrons. The Kier molecular flexibility index (Phi) is 7.09. The second kappa shape index (κ2) is 8.10. The number of alkyl halides is 3. The summed E-state index contributed by atoms with van der Waals surface area (Å²) in [5, 5.41) is 8.57. The van der Waals surface area contributed by atoms with E-state index in [0.717, 1.165) is 0 Å². The van der Waals surface area contributed by atoms with Crippen LogP contribution in [-0.4, -0.2) is 28.3 Å². The number of carbonyl (C=O) groups is 1. The Labute approximate surface area is 147 Å². The topological polar surface area (TPSA) is 62.4 Å². The number of rotatable bonds is 3. The average Bonchev–Trinajstić information content (AvgIpc) is 2.39. The highest BCUT2D eigenvalue weighted by molar-refractivity contribution is 7.80. The molecular formula is C11H11Cl4N3O2S. The minimum absolute atomic E-state index is 0.144. The summed E-state index contributed by atoms with van der Waals surface area (Å²) in [6.07, 6.45) is -1.85. The fourth-order valence-electron chi connectivity index (χ4n) is 1.21. The lowest BCUT2D eigenvalue weighted by Crippen LogP contribution is -2.56. The smallest absolute Gasteiger partial charge is 0.408 e. The lowest BCUT2D eigenvalue weighted by atomic mass is 10.3. The Bertz CT molecular complexity index is 507. The number of carbonyl (C=O) groups excluding carboxylic acids is 1.